The number of aliphatic hydroxyl groups is 3. The van der Waals surface area contributed by atoms with Gasteiger partial charge in [-0.25, -0.2) is 0 Å². The van der Waals surface area contributed by atoms with Crippen molar-refractivity contribution in [2.75, 3.05) is 13.2 Å². The number of carboxylic acid groups (broad SMARTS) is 1. The molecular weight excluding hydrogens is 316 g/mol. The van der Waals surface area contributed by atoms with Crippen molar-refractivity contribution >= 4 is 11.9 Å². The Morgan fingerprint density at radius 3 is 2.08 bits per heavy atom. The van der Waals surface area contributed by atoms with Crippen LogP contribution >= 0.6 is 0 Å². The Hall–Kier alpha value is -1.18. The zero-order valence-corrected chi connectivity index (χ0v) is 15.2. The fourth-order valence-corrected chi connectivity index (χ4v) is 1.52. The van der Waals surface area contributed by atoms with E-state index in [0.29, 0.717) is 19.3 Å². The smallest absolute Gasteiger partial charge is 0.305 e. The van der Waals surface area contributed by atoms with Gasteiger partial charge in [0.15, 0.2) is 6.29 Å². The molecule has 24 heavy (non-hydrogen) atoms. The Morgan fingerprint density at radius 1 is 1.04 bits per heavy atom. The van der Waals surface area contributed by atoms with Crippen LogP contribution in [-0.2, 0) is 14.3 Å². The van der Waals surface area contributed by atoms with Gasteiger partial charge >= 0.3 is 11.9 Å². The number of hydrogen-bond acceptors (Lipinski definition) is 6. The van der Waals surface area contributed by atoms with Crippen molar-refractivity contribution in [3.05, 3.63) is 0 Å². The van der Waals surface area contributed by atoms with Crippen LogP contribution in [0.4, 0.5) is 0 Å². The highest BCUT2D eigenvalue weighted by molar-refractivity contribution is 5.69. The van der Waals surface area contributed by atoms with Gasteiger partial charge in [-0.05, 0) is 25.7 Å². The predicted molar refractivity (Wildman–Crippen MR) is 90.3 cm³/mol. The molecule has 0 bridgehead atoms. The van der Waals surface area contributed by atoms with Crippen molar-refractivity contribution in [2.45, 2.75) is 78.4 Å². The summed E-state index contributed by atoms with van der Waals surface area (Å²) in [5, 5.41) is 34.0. The number of rotatable bonds is 12. The monoisotopic (exact) mass is 350 g/mol. The fraction of sp³-hybridized carbons (Fsp3) is 0.882. The van der Waals surface area contributed by atoms with Crippen molar-refractivity contribution in [1.82, 2.24) is 0 Å². The molecule has 0 aromatic carbocycles. The topological polar surface area (TPSA) is 124 Å². The van der Waals surface area contributed by atoms with Crippen LogP contribution < -0.4 is 0 Å². The normalized spacial score (nSPS) is 11.0. The second-order valence-electron chi connectivity index (χ2n) is 6.56. The molecule has 7 nitrogen and oxygen atoms in total. The number of carbonyl (C=O) groups is 2. The summed E-state index contributed by atoms with van der Waals surface area (Å²) in [6.45, 7) is 5.82. The largest absolute Gasteiger partial charge is 0.481 e. The highest BCUT2D eigenvalue weighted by Crippen LogP contribution is 2.14. The van der Waals surface area contributed by atoms with Crippen molar-refractivity contribution in [1.29, 1.82) is 0 Å². The van der Waals surface area contributed by atoms with E-state index in [1.807, 2.05) is 0 Å². The first-order valence-corrected chi connectivity index (χ1v) is 8.49. The second-order valence-corrected chi connectivity index (χ2v) is 6.56. The van der Waals surface area contributed by atoms with Gasteiger partial charge in [-0.1, -0.05) is 33.6 Å². The molecule has 7 heteroatoms. The first kappa shape index (κ1) is 25.1. The minimum atomic E-state index is -1.10. The molecule has 0 fully saturated rings. The van der Waals surface area contributed by atoms with Gasteiger partial charge in [0.25, 0.3) is 0 Å². The summed E-state index contributed by atoms with van der Waals surface area (Å²) < 4.78 is 4.96. The quantitative estimate of drug-likeness (QED) is 0.241. The maximum atomic E-state index is 11.2. The molecule has 0 aromatic heterocycles. The molecule has 0 aromatic rings. The molecule has 0 radical (unpaired) electrons. The van der Waals surface area contributed by atoms with Gasteiger partial charge < -0.3 is 25.2 Å². The third-order valence-electron chi connectivity index (χ3n) is 3.14. The van der Waals surface area contributed by atoms with E-state index >= 15 is 0 Å². The van der Waals surface area contributed by atoms with Crippen LogP contribution in [0.15, 0.2) is 0 Å². The molecule has 0 amide bonds. The summed E-state index contributed by atoms with van der Waals surface area (Å²) in [4.78, 5) is 21.4. The van der Waals surface area contributed by atoms with E-state index in [4.69, 9.17) is 25.2 Å². The van der Waals surface area contributed by atoms with Crippen LogP contribution in [-0.4, -0.2) is 51.9 Å². The van der Waals surface area contributed by atoms with Gasteiger partial charge in [-0.3, -0.25) is 9.59 Å². The van der Waals surface area contributed by atoms with Crippen LogP contribution in [0.1, 0.15) is 72.1 Å². The van der Waals surface area contributed by atoms with Crippen LogP contribution in [0.3, 0.4) is 0 Å². The zero-order chi connectivity index (χ0) is 19.0. The van der Waals surface area contributed by atoms with Crippen LogP contribution in [0.25, 0.3) is 0 Å². The summed E-state index contributed by atoms with van der Waals surface area (Å²) in [6.07, 6.45) is 3.89. The number of aliphatic carboxylic acids is 1. The van der Waals surface area contributed by atoms with Crippen LogP contribution in [0.5, 0.6) is 0 Å². The number of carbonyl (C=O) groups excluding carboxylic acids is 1. The minimum absolute atomic E-state index is 0.0424. The molecule has 0 heterocycles. The molecule has 4 N–H and O–H groups in total. The third-order valence-corrected chi connectivity index (χ3v) is 3.14. The van der Waals surface area contributed by atoms with Crippen molar-refractivity contribution < 1.29 is 34.8 Å². The van der Waals surface area contributed by atoms with E-state index in [1.165, 1.54) is 0 Å². The number of hydrogen-bond donors (Lipinski definition) is 4. The Balaban J connectivity index is 0. The summed E-state index contributed by atoms with van der Waals surface area (Å²) in [5.74, 6) is -1.19. The van der Waals surface area contributed by atoms with Crippen LogP contribution in [0.2, 0.25) is 0 Å². The van der Waals surface area contributed by atoms with Crippen LogP contribution in [0, 0.1) is 5.41 Å². The SMILES string of the molecule is CC(C)(CO)COC(=O)CCCCC(=O)O.CCCCCC(O)O. The highest BCUT2D eigenvalue weighted by atomic mass is 16.5. The Kier molecular flexibility index (Phi) is 16.0. The Labute approximate surface area is 144 Å². The number of aliphatic hydroxyl groups excluding tert-OH is 2. The molecule has 0 saturated heterocycles. The Morgan fingerprint density at radius 2 is 1.62 bits per heavy atom. The van der Waals surface area contributed by atoms with E-state index in [9.17, 15) is 9.59 Å². The molecule has 0 unspecified atom stereocenters. The lowest BCUT2D eigenvalue weighted by Gasteiger charge is -2.20. The van der Waals surface area contributed by atoms with E-state index in [1.54, 1.807) is 13.8 Å². The number of unbranched alkanes of at least 4 members (excludes halogenated alkanes) is 3. The average molecular weight is 350 g/mol. The summed E-state index contributed by atoms with van der Waals surface area (Å²) in [6, 6.07) is 0. The molecule has 0 aliphatic heterocycles. The minimum Gasteiger partial charge on any atom is -0.481 e. The van der Waals surface area contributed by atoms with E-state index in [-0.39, 0.29) is 32.0 Å². The molecule has 0 atom stereocenters. The maximum Gasteiger partial charge on any atom is 0.305 e. The zero-order valence-electron chi connectivity index (χ0n) is 15.2. The van der Waals surface area contributed by atoms with Gasteiger partial charge in [0, 0.05) is 18.3 Å². The number of esters is 1. The molecule has 0 aliphatic rings. The molecule has 0 rings (SSSR count). The molecule has 144 valence electrons. The summed E-state index contributed by atoms with van der Waals surface area (Å²) in [5.41, 5.74) is -0.420. The third kappa shape index (κ3) is 20.8. The van der Waals surface area contributed by atoms with E-state index in [2.05, 4.69) is 6.92 Å². The second kappa shape index (κ2) is 15.4. The van der Waals surface area contributed by atoms with Crippen molar-refractivity contribution in [2.24, 2.45) is 5.41 Å². The van der Waals surface area contributed by atoms with Gasteiger partial charge in [0.2, 0.25) is 0 Å². The average Bonchev–Trinajstić information content (AvgIpc) is 2.50. The van der Waals surface area contributed by atoms with Gasteiger partial charge in [0.05, 0.1) is 13.2 Å². The summed E-state index contributed by atoms with van der Waals surface area (Å²) >= 11 is 0. The van der Waals surface area contributed by atoms with Gasteiger partial charge in [0.1, 0.15) is 0 Å². The fourth-order valence-electron chi connectivity index (χ4n) is 1.52. The Bertz CT molecular complexity index is 327. The molecule has 0 aliphatic carbocycles. The number of ether oxygens (including phenoxy) is 1. The highest BCUT2D eigenvalue weighted by Gasteiger charge is 2.18. The maximum absolute atomic E-state index is 11.2. The lowest BCUT2D eigenvalue weighted by molar-refractivity contribution is -0.148. The van der Waals surface area contributed by atoms with E-state index in [0.717, 1.165) is 19.3 Å². The molecule has 0 spiro atoms. The first-order valence-electron chi connectivity index (χ1n) is 8.49. The van der Waals surface area contributed by atoms with Crippen molar-refractivity contribution in [3.8, 4) is 0 Å². The lowest BCUT2D eigenvalue weighted by atomic mass is 9.97. The van der Waals surface area contributed by atoms with Gasteiger partial charge in [-0.15, -0.1) is 0 Å². The summed E-state index contributed by atoms with van der Waals surface area (Å²) in [7, 11) is 0. The lowest BCUT2D eigenvalue weighted by Crippen LogP contribution is -2.25. The van der Waals surface area contributed by atoms with Gasteiger partial charge in [-0.2, -0.15) is 0 Å². The molecule has 0 saturated carbocycles. The predicted octanol–water partition coefficient (Wildman–Crippen LogP) is 2.07. The van der Waals surface area contributed by atoms with E-state index < -0.39 is 17.7 Å². The van der Waals surface area contributed by atoms with Crippen molar-refractivity contribution in [3.63, 3.8) is 0 Å². The molecular formula is C17H34O7. The first-order chi connectivity index (χ1) is 11.1. The standard InChI is InChI=1S/C11H20O5.C6H14O2/c1-11(2,7-12)8-16-10(15)6-4-3-5-9(13)14;1-2-3-4-5-6(7)8/h12H,3-8H2,1-2H3,(H,13,14);6-8H,2-5H2,1H3. The number of carboxylic acids is 1.